The van der Waals surface area contributed by atoms with Crippen molar-refractivity contribution in [2.75, 3.05) is 52.5 Å². The summed E-state index contributed by atoms with van der Waals surface area (Å²) in [5, 5.41) is 26.6. The third-order valence-electron chi connectivity index (χ3n) is 2.33. The first-order chi connectivity index (χ1) is 6.24. The summed E-state index contributed by atoms with van der Waals surface area (Å²) in [7, 11) is 0. The van der Waals surface area contributed by atoms with E-state index in [1.165, 1.54) is 0 Å². The highest BCUT2D eigenvalue weighted by atomic mass is 79.9. The molecule has 0 aliphatic heterocycles. The van der Waals surface area contributed by atoms with Gasteiger partial charge >= 0.3 is 0 Å². The molecule has 0 saturated heterocycles. The Bertz CT molecular complexity index is 97.6. The number of nitrogens with zero attached hydrogens (tertiary/aromatic N) is 1. The van der Waals surface area contributed by atoms with Crippen LogP contribution in [0.3, 0.4) is 0 Å². The minimum Gasteiger partial charge on any atom is -1.00 e. The van der Waals surface area contributed by atoms with E-state index in [0.717, 1.165) is 0 Å². The van der Waals surface area contributed by atoms with E-state index in [9.17, 15) is 0 Å². The quantitative estimate of drug-likeness (QED) is 0.333. The summed E-state index contributed by atoms with van der Waals surface area (Å²) in [5.41, 5.74) is 5.44. The average Bonchev–Trinajstić information content (AvgIpc) is 2.06. The van der Waals surface area contributed by atoms with Gasteiger partial charge in [-0.25, -0.2) is 0 Å². The van der Waals surface area contributed by atoms with Gasteiger partial charge in [-0.2, -0.15) is 0 Å². The van der Waals surface area contributed by atoms with Crippen LogP contribution in [0.2, 0.25) is 0 Å². The lowest BCUT2D eigenvalue weighted by atomic mass is 10.3. The second kappa shape index (κ2) is 9.82. The summed E-state index contributed by atoms with van der Waals surface area (Å²) in [5.74, 6) is 0. The monoisotopic (exact) mass is 272 g/mol. The normalized spacial score (nSPS) is 11.1. The molecule has 0 bridgehead atoms. The van der Waals surface area contributed by atoms with Gasteiger partial charge in [-0.1, -0.05) is 0 Å². The van der Waals surface area contributed by atoms with Gasteiger partial charge in [-0.15, -0.1) is 0 Å². The van der Waals surface area contributed by atoms with Crippen LogP contribution in [0.1, 0.15) is 0 Å². The molecular weight excluding hydrogens is 252 g/mol. The second-order valence-electron chi connectivity index (χ2n) is 3.20. The minimum atomic E-state index is 0. The highest BCUT2D eigenvalue weighted by Crippen LogP contribution is 2.04. The van der Waals surface area contributed by atoms with Crippen molar-refractivity contribution in [3.8, 4) is 0 Å². The molecule has 0 aromatic carbocycles. The van der Waals surface area contributed by atoms with Gasteiger partial charge in [0.25, 0.3) is 0 Å². The maximum absolute atomic E-state index is 8.86. The molecule has 0 aliphatic carbocycles. The third kappa shape index (κ3) is 5.90. The molecule has 0 heterocycles. The first-order valence-electron chi connectivity index (χ1n) is 4.62. The van der Waals surface area contributed by atoms with Gasteiger partial charge in [-0.3, -0.25) is 0 Å². The standard InChI is InChI=1S/C8H21N2O3.BrH/c9-1-2-10(3-6-11,4-7-12)5-8-13;/h11-13H,1-9H2;1H/q+1;/p-1. The van der Waals surface area contributed by atoms with E-state index in [-0.39, 0.29) is 36.8 Å². The fourth-order valence-corrected chi connectivity index (χ4v) is 1.58. The summed E-state index contributed by atoms with van der Waals surface area (Å²) < 4.78 is 0.500. The van der Waals surface area contributed by atoms with Gasteiger partial charge < -0.3 is 42.5 Å². The number of aliphatic hydroxyl groups excluding tert-OH is 3. The molecule has 0 radical (unpaired) electrons. The largest absolute Gasteiger partial charge is 1.00 e. The molecule has 88 valence electrons. The Hall–Kier alpha value is 0.280. The Balaban J connectivity index is 0. The maximum atomic E-state index is 8.86. The molecule has 0 unspecified atom stereocenters. The maximum Gasteiger partial charge on any atom is 0.102 e. The summed E-state index contributed by atoms with van der Waals surface area (Å²) in [6.07, 6.45) is 0. The van der Waals surface area contributed by atoms with Gasteiger partial charge in [0.2, 0.25) is 0 Å². The van der Waals surface area contributed by atoms with Crippen LogP contribution in [0.15, 0.2) is 0 Å². The Morgan fingerprint density at radius 2 is 1.14 bits per heavy atom. The van der Waals surface area contributed by atoms with Crippen molar-refractivity contribution in [2.24, 2.45) is 5.73 Å². The van der Waals surface area contributed by atoms with Crippen LogP contribution >= 0.6 is 0 Å². The van der Waals surface area contributed by atoms with E-state index in [1.807, 2.05) is 0 Å². The van der Waals surface area contributed by atoms with Gasteiger partial charge in [0.1, 0.15) is 19.6 Å². The summed E-state index contributed by atoms with van der Waals surface area (Å²) in [6, 6.07) is 0. The summed E-state index contributed by atoms with van der Waals surface area (Å²) in [4.78, 5) is 0. The molecule has 0 rings (SSSR count). The average molecular weight is 273 g/mol. The lowest BCUT2D eigenvalue weighted by molar-refractivity contribution is -0.927. The predicted octanol–water partition coefficient (Wildman–Crippen LogP) is -5.26. The van der Waals surface area contributed by atoms with Gasteiger partial charge in [0, 0.05) is 6.54 Å². The molecule has 0 spiro atoms. The number of nitrogens with two attached hydrogens (primary N) is 1. The van der Waals surface area contributed by atoms with Crippen molar-refractivity contribution in [3.63, 3.8) is 0 Å². The van der Waals surface area contributed by atoms with Crippen LogP contribution in [-0.2, 0) is 0 Å². The van der Waals surface area contributed by atoms with E-state index < -0.39 is 0 Å². The molecule has 0 aliphatic rings. The molecule has 6 heteroatoms. The number of aliphatic hydroxyl groups is 3. The Kier molecular flexibility index (Phi) is 11.7. The SMILES string of the molecule is NCC[N+](CCO)(CCO)CCO.[Br-]. The smallest absolute Gasteiger partial charge is 0.102 e. The zero-order chi connectivity index (χ0) is 10.2. The molecular formula is C8H21BrN2O3. The summed E-state index contributed by atoms with van der Waals surface area (Å²) in [6.45, 7) is 2.97. The van der Waals surface area contributed by atoms with Crippen LogP contribution in [0.25, 0.3) is 0 Å². The van der Waals surface area contributed by atoms with Gasteiger partial charge in [0.05, 0.1) is 26.4 Å². The topological polar surface area (TPSA) is 86.7 Å². The number of quaternary nitrogens is 1. The highest BCUT2D eigenvalue weighted by molar-refractivity contribution is 4.45. The van der Waals surface area contributed by atoms with Crippen molar-refractivity contribution in [2.45, 2.75) is 0 Å². The van der Waals surface area contributed by atoms with Crippen LogP contribution < -0.4 is 22.7 Å². The Morgan fingerprint density at radius 3 is 1.36 bits per heavy atom. The van der Waals surface area contributed by atoms with E-state index >= 15 is 0 Å². The molecule has 0 atom stereocenters. The molecule has 5 N–H and O–H groups in total. The number of hydrogen-bond acceptors (Lipinski definition) is 4. The first-order valence-corrected chi connectivity index (χ1v) is 4.62. The van der Waals surface area contributed by atoms with Crippen LogP contribution in [0.4, 0.5) is 0 Å². The highest BCUT2D eigenvalue weighted by Gasteiger charge is 2.24. The Labute approximate surface area is 95.5 Å². The minimum absolute atomic E-state index is 0. The molecule has 0 aromatic heterocycles. The van der Waals surface area contributed by atoms with E-state index in [1.54, 1.807) is 0 Å². The van der Waals surface area contributed by atoms with Crippen LogP contribution in [-0.4, -0.2) is 72.3 Å². The van der Waals surface area contributed by atoms with E-state index in [2.05, 4.69) is 0 Å². The van der Waals surface area contributed by atoms with E-state index in [4.69, 9.17) is 21.1 Å². The first kappa shape index (κ1) is 16.7. The zero-order valence-electron chi connectivity index (χ0n) is 8.40. The molecule has 14 heavy (non-hydrogen) atoms. The fraction of sp³-hybridized carbons (Fsp3) is 1.00. The van der Waals surface area contributed by atoms with Crippen LogP contribution in [0, 0.1) is 0 Å². The lowest BCUT2D eigenvalue weighted by Crippen LogP contribution is -3.00. The van der Waals surface area contributed by atoms with Crippen molar-refractivity contribution in [3.05, 3.63) is 0 Å². The molecule has 0 aromatic rings. The number of halogens is 1. The van der Waals surface area contributed by atoms with Crippen LogP contribution in [0.5, 0.6) is 0 Å². The van der Waals surface area contributed by atoms with Gasteiger partial charge in [0.15, 0.2) is 0 Å². The van der Waals surface area contributed by atoms with Crippen molar-refractivity contribution in [1.29, 1.82) is 0 Å². The number of rotatable bonds is 8. The predicted molar refractivity (Wildman–Crippen MR) is 50.0 cm³/mol. The second-order valence-corrected chi connectivity index (χ2v) is 3.20. The number of hydrogen-bond donors (Lipinski definition) is 4. The Morgan fingerprint density at radius 1 is 0.786 bits per heavy atom. The summed E-state index contributed by atoms with van der Waals surface area (Å²) >= 11 is 0. The molecule has 0 fully saturated rings. The van der Waals surface area contributed by atoms with Crippen molar-refractivity contribution >= 4 is 0 Å². The van der Waals surface area contributed by atoms with E-state index in [0.29, 0.717) is 37.2 Å². The van der Waals surface area contributed by atoms with Crippen molar-refractivity contribution < 1.29 is 36.8 Å². The molecule has 0 saturated carbocycles. The lowest BCUT2D eigenvalue weighted by Gasteiger charge is -2.37. The van der Waals surface area contributed by atoms with Gasteiger partial charge in [-0.05, 0) is 0 Å². The molecule has 5 nitrogen and oxygen atoms in total. The molecule has 0 amide bonds. The van der Waals surface area contributed by atoms with Crippen molar-refractivity contribution in [1.82, 2.24) is 0 Å². The third-order valence-corrected chi connectivity index (χ3v) is 2.33. The fourth-order valence-electron chi connectivity index (χ4n) is 1.58. The zero-order valence-corrected chi connectivity index (χ0v) is 9.99.